The van der Waals surface area contributed by atoms with Crippen LogP contribution in [0.1, 0.15) is 24.6 Å². The van der Waals surface area contributed by atoms with E-state index in [1.165, 1.54) is 0 Å². The van der Waals surface area contributed by atoms with Gasteiger partial charge in [0.05, 0.1) is 20.8 Å². The van der Waals surface area contributed by atoms with Gasteiger partial charge in [-0.25, -0.2) is 9.97 Å². The molecule has 1 saturated carbocycles. The number of halogens is 4. The largest absolute Gasteiger partial charge is 0.339 e. The van der Waals surface area contributed by atoms with Crippen molar-refractivity contribution in [3.05, 3.63) is 44.2 Å². The molecule has 0 amide bonds. The van der Waals surface area contributed by atoms with E-state index >= 15 is 0 Å². The van der Waals surface area contributed by atoms with Crippen molar-refractivity contribution in [2.45, 2.75) is 18.8 Å². The Hall–Kier alpha value is -0.740. The molecule has 0 aliphatic heterocycles. The van der Waals surface area contributed by atoms with Crippen molar-refractivity contribution in [1.29, 1.82) is 0 Å². The average molecular weight is 349 g/mol. The quantitative estimate of drug-likeness (QED) is 0.570. The Morgan fingerprint density at radius 1 is 0.900 bits per heavy atom. The predicted octanol–water partition coefficient (Wildman–Crippen LogP) is 5.71. The molecule has 0 atom stereocenters. The Balaban J connectivity index is 1.92. The standard InChI is InChI=1S/C13H9Cl4N3/c14-7-3-9(16)10(4-8(7)15)18-12-5-11(17)19-13(20-12)6-1-2-6/h3-6H,1-2H2,(H,18,19,20). The van der Waals surface area contributed by atoms with Crippen LogP contribution in [0, 0.1) is 0 Å². The molecular weight excluding hydrogens is 340 g/mol. The molecule has 1 fully saturated rings. The highest BCUT2D eigenvalue weighted by atomic mass is 35.5. The average Bonchev–Trinajstić information content (AvgIpc) is 3.19. The van der Waals surface area contributed by atoms with E-state index in [-0.39, 0.29) is 0 Å². The minimum absolute atomic E-state index is 0.403. The van der Waals surface area contributed by atoms with E-state index in [2.05, 4.69) is 15.3 Å². The van der Waals surface area contributed by atoms with Gasteiger partial charge in [0.2, 0.25) is 0 Å². The number of benzene rings is 1. The van der Waals surface area contributed by atoms with Crippen LogP contribution in [-0.4, -0.2) is 9.97 Å². The Bertz CT molecular complexity index is 671. The van der Waals surface area contributed by atoms with Gasteiger partial charge in [-0.1, -0.05) is 46.4 Å². The molecule has 0 bridgehead atoms. The highest BCUT2D eigenvalue weighted by molar-refractivity contribution is 6.44. The molecule has 1 aromatic carbocycles. The van der Waals surface area contributed by atoms with Gasteiger partial charge < -0.3 is 5.32 Å². The minimum atomic E-state index is 0.403. The minimum Gasteiger partial charge on any atom is -0.339 e. The van der Waals surface area contributed by atoms with E-state index < -0.39 is 0 Å². The topological polar surface area (TPSA) is 37.8 Å². The zero-order chi connectivity index (χ0) is 14.3. The molecule has 1 aliphatic rings. The first-order chi connectivity index (χ1) is 9.52. The van der Waals surface area contributed by atoms with E-state index in [0.29, 0.717) is 37.6 Å². The lowest BCUT2D eigenvalue weighted by atomic mass is 10.3. The maximum atomic E-state index is 6.12. The van der Waals surface area contributed by atoms with Gasteiger partial charge in [0, 0.05) is 12.0 Å². The zero-order valence-electron chi connectivity index (χ0n) is 10.1. The maximum absolute atomic E-state index is 6.12. The molecule has 1 N–H and O–H groups in total. The second kappa shape index (κ2) is 5.57. The Kier molecular flexibility index (Phi) is 3.95. The Labute approximate surface area is 136 Å². The fourth-order valence-electron chi connectivity index (χ4n) is 1.78. The third-order valence-electron chi connectivity index (χ3n) is 2.93. The van der Waals surface area contributed by atoms with Gasteiger partial charge >= 0.3 is 0 Å². The van der Waals surface area contributed by atoms with E-state index in [4.69, 9.17) is 46.4 Å². The highest BCUT2D eigenvalue weighted by Gasteiger charge is 2.27. The van der Waals surface area contributed by atoms with Crippen LogP contribution >= 0.6 is 46.4 Å². The summed E-state index contributed by atoms with van der Waals surface area (Å²) in [7, 11) is 0. The van der Waals surface area contributed by atoms with Gasteiger partial charge in [-0.2, -0.15) is 0 Å². The Morgan fingerprint density at radius 2 is 1.60 bits per heavy atom. The molecule has 104 valence electrons. The lowest BCUT2D eigenvalue weighted by molar-refractivity contribution is 0.931. The summed E-state index contributed by atoms with van der Waals surface area (Å²) in [4.78, 5) is 8.67. The van der Waals surface area contributed by atoms with Gasteiger partial charge in [-0.3, -0.25) is 0 Å². The summed E-state index contributed by atoms with van der Waals surface area (Å²) in [5.41, 5.74) is 0.623. The molecule has 1 aromatic heterocycles. The van der Waals surface area contributed by atoms with Crippen LogP contribution in [0.25, 0.3) is 0 Å². The maximum Gasteiger partial charge on any atom is 0.135 e. The van der Waals surface area contributed by atoms with Crippen LogP contribution in [0.15, 0.2) is 18.2 Å². The van der Waals surface area contributed by atoms with Crippen LogP contribution < -0.4 is 5.32 Å². The van der Waals surface area contributed by atoms with Crippen molar-refractivity contribution >= 4 is 57.9 Å². The molecule has 3 nitrogen and oxygen atoms in total. The molecule has 0 radical (unpaired) electrons. The molecular formula is C13H9Cl4N3. The van der Waals surface area contributed by atoms with Crippen molar-refractivity contribution in [2.24, 2.45) is 0 Å². The van der Waals surface area contributed by atoms with Crippen molar-refractivity contribution in [2.75, 3.05) is 5.32 Å². The molecule has 20 heavy (non-hydrogen) atoms. The van der Waals surface area contributed by atoms with Crippen LogP contribution in [0.5, 0.6) is 0 Å². The van der Waals surface area contributed by atoms with E-state index in [9.17, 15) is 0 Å². The first-order valence-corrected chi connectivity index (χ1v) is 7.50. The van der Waals surface area contributed by atoms with E-state index in [1.54, 1.807) is 18.2 Å². The lowest BCUT2D eigenvalue weighted by Crippen LogP contribution is -2.00. The number of nitrogens with zero attached hydrogens (tertiary/aromatic N) is 2. The van der Waals surface area contributed by atoms with E-state index in [1.807, 2.05) is 0 Å². The number of rotatable bonds is 3. The Morgan fingerprint density at radius 3 is 2.30 bits per heavy atom. The first kappa shape index (κ1) is 14.2. The van der Waals surface area contributed by atoms with Gasteiger partial charge in [0.1, 0.15) is 16.8 Å². The van der Waals surface area contributed by atoms with Gasteiger partial charge in [0.15, 0.2) is 0 Å². The van der Waals surface area contributed by atoms with Crippen molar-refractivity contribution < 1.29 is 0 Å². The summed E-state index contributed by atoms with van der Waals surface area (Å²) in [6.07, 6.45) is 2.21. The van der Waals surface area contributed by atoms with E-state index in [0.717, 1.165) is 18.7 Å². The second-order valence-corrected chi connectivity index (χ2v) is 6.19. The lowest BCUT2D eigenvalue weighted by Gasteiger charge is -2.10. The van der Waals surface area contributed by atoms with Crippen LogP contribution in [0.2, 0.25) is 20.2 Å². The van der Waals surface area contributed by atoms with Crippen LogP contribution in [0.4, 0.5) is 11.5 Å². The van der Waals surface area contributed by atoms with Crippen molar-refractivity contribution in [3.8, 4) is 0 Å². The molecule has 2 aromatic rings. The fraction of sp³-hybridized carbons (Fsp3) is 0.231. The molecule has 0 spiro atoms. The molecule has 0 unspecified atom stereocenters. The summed E-state index contributed by atoms with van der Waals surface area (Å²) in [6, 6.07) is 4.88. The monoisotopic (exact) mass is 347 g/mol. The number of aromatic nitrogens is 2. The highest BCUT2D eigenvalue weighted by Crippen LogP contribution is 2.39. The molecule has 7 heteroatoms. The first-order valence-electron chi connectivity index (χ1n) is 5.99. The number of hydrogen-bond donors (Lipinski definition) is 1. The fourth-order valence-corrected chi connectivity index (χ4v) is 2.56. The molecule has 1 aliphatic carbocycles. The SMILES string of the molecule is Clc1cc(Nc2cc(Cl)c(Cl)cc2Cl)nc(C2CC2)n1. The van der Waals surface area contributed by atoms with Gasteiger partial charge in [-0.05, 0) is 25.0 Å². The summed E-state index contributed by atoms with van der Waals surface area (Å²) in [5.74, 6) is 1.77. The normalized spacial score (nSPS) is 14.4. The third-order valence-corrected chi connectivity index (χ3v) is 4.16. The molecule has 3 rings (SSSR count). The van der Waals surface area contributed by atoms with Crippen LogP contribution in [-0.2, 0) is 0 Å². The number of nitrogens with one attached hydrogen (secondary N) is 1. The smallest absolute Gasteiger partial charge is 0.135 e. The summed E-state index contributed by atoms with van der Waals surface area (Å²) < 4.78 is 0. The summed E-state index contributed by atoms with van der Waals surface area (Å²) >= 11 is 24.0. The predicted molar refractivity (Wildman–Crippen MR) is 83.8 cm³/mol. The van der Waals surface area contributed by atoms with Crippen molar-refractivity contribution in [3.63, 3.8) is 0 Å². The van der Waals surface area contributed by atoms with Gasteiger partial charge in [-0.15, -0.1) is 0 Å². The second-order valence-electron chi connectivity index (χ2n) is 4.58. The number of anilines is 2. The number of hydrogen-bond acceptors (Lipinski definition) is 3. The summed E-state index contributed by atoms with van der Waals surface area (Å²) in [6.45, 7) is 0. The third kappa shape index (κ3) is 3.12. The van der Waals surface area contributed by atoms with Crippen molar-refractivity contribution in [1.82, 2.24) is 9.97 Å². The van der Waals surface area contributed by atoms with Gasteiger partial charge in [0.25, 0.3) is 0 Å². The zero-order valence-corrected chi connectivity index (χ0v) is 13.2. The van der Waals surface area contributed by atoms with Crippen LogP contribution in [0.3, 0.4) is 0 Å². The molecule has 0 saturated heterocycles. The molecule has 1 heterocycles. The summed E-state index contributed by atoms with van der Waals surface area (Å²) in [5, 5.41) is 4.78.